The number of hydrogen-bond acceptors (Lipinski definition) is 3. The van der Waals surface area contributed by atoms with E-state index in [1.165, 1.54) is 11.0 Å². The van der Waals surface area contributed by atoms with E-state index in [9.17, 15) is 22.8 Å². The predicted molar refractivity (Wildman–Crippen MR) is 83.6 cm³/mol. The summed E-state index contributed by atoms with van der Waals surface area (Å²) < 4.78 is 39.4. The van der Waals surface area contributed by atoms with Crippen LogP contribution in [0.25, 0.3) is 0 Å². The van der Waals surface area contributed by atoms with Gasteiger partial charge in [0.25, 0.3) is 5.91 Å². The number of carbonyl (C=O) groups excluding carboxylic acids is 2. The van der Waals surface area contributed by atoms with Crippen LogP contribution < -0.4 is 16.0 Å². The van der Waals surface area contributed by atoms with Crippen molar-refractivity contribution in [1.82, 2.24) is 5.32 Å². The molecule has 0 aliphatic carbocycles. The van der Waals surface area contributed by atoms with Gasteiger partial charge in [0.15, 0.2) is 0 Å². The molecule has 2 rings (SSSR count). The molecule has 132 valence electrons. The third-order valence-electron chi connectivity index (χ3n) is 3.85. The highest BCUT2D eigenvalue weighted by molar-refractivity contribution is 5.99. The molecule has 1 saturated heterocycles. The first-order valence-electron chi connectivity index (χ1n) is 7.59. The Balaban J connectivity index is 2.43. The molecular weight excluding hydrogens is 323 g/mol. The van der Waals surface area contributed by atoms with Gasteiger partial charge in [-0.05, 0) is 38.5 Å². The van der Waals surface area contributed by atoms with Gasteiger partial charge in [0.2, 0.25) is 5.91 Å². The molecule has 0 bridgehead atoms. The van der Waals surface area contributed by atoms with Crippen molar-refractivity contribution in [3.05, 3.63) is 29.3 Å². The zero-order valence-electron chi connectivity index (χ0n) is 13.5. The van der Waals surface area contributed by atoms with E-state index in [1.807, 2.05) is 0 Å². The van der Waals surface area contributed by atoms with Crippen molar-refractivity contribution in [3.63, 3.8) is 0 Å². The smallest absolute Gasteiger partial charge is 0.346 e. The van der Waals surface area contributed by atoms with Crippen LogP contribution in [0.4, 0.5) is 18.9 Å². The number of carbonyl (C=O) groups is 2. The van der Waals surface area contributed by atoms with Crippen LogP contribution >= 0.6 is 0 Å². The van der Waals surface area contributed by atoms with Gasteiger partial charge in [0, 0.05) is 36.3 Å². The SMILES string of the molecule is CC(C)(CN)NC(=O)c1cc(N2CCCC2=O)cc(C(F)(F)F)c1. The minimum atomic E-state index is -4.61. The third-order valence-corrected chi connectivity index (χ3v) is 3.85. The molecule has 1 aliphatic heterocycles. The Kier molecular flexibility index (Phi) is 4.89. The summed E-state index contributed by atoms with van der Waals surface area (Å²) in [4.78, 5) is 25.4. The van der Waals surface area contributed by atoms with Crippen molar-refractivity contribution in [2.45, 2.75) is 38.4 Å². The van der Waals surface area contributed by atoms with Gasteiger partial charge in [-0.15, -0.1) is 0 Å². The monoisotopic (exact) mass is 343 g/mol. The second kappa shape index (κ2) is 6.43. The maximum Gasteiger partial charge on any atom is 0.416 e. The van der Waals surface area contributed by atoms with Crippen LogP contribution in [0.5, 0.6) is 0 Å². The fourth-order valence-corrected chi connectivity index (χ4v) is 2.41. The summed E-state index contributed by atoms with van der Waals surface area (Å²) in [6.07, 6.45) is -3.74. The lowest BCUT2D eigenvalue weighted by Crippen LogP contribution is -2.48. The first kappa shape index (κ1) is 18.3. The molecule has 0 radical (unpaired) electrons. The van der Waals surface area contributed by atoms with E-state index >= 15 is 0 Å². The van der Waals surface area contributed by atoms with Crippen molar-refractivity contribution in [1.29, 1.82) is 0 Å². The van der Waals surface area contributed by atoms with Crippen molar-refractivity contribution in [2.75, 3.05) is 18.0 Å². The van der Waals surface area contributed by atoms with Gasteiger partial charge in [0.1, 0.15) is 0 Å². The highest BCUT2D eigenvalue weighted by Crippen LogP contribution is 2.34. The minimum absolute atomic E-state index is 0.0861. The molecule has 24 heavy (non-hydrogen) atoms. The number of rotatable bonds is 4. The number of hydrogen-bond donors (Lipinski definition) is 2. The molecule has 1 fully saturated rings. The number of alkyl halides is 3. The lowest BCUT2D eigenvalue weighted by atomic mass is 10.0. The van der Waals surface area contributed by atoms with Crippen LogP contribution in [0.1, 0.15) is 42.6 Å². The number of halogens is 3. The summed E-state index contributed by atoms with van der Waals surface area (Å²) in [6, 6.07) is 2.99. The van der Waals surface area contributed by atoms with E-state index in [0.717, 1.165) is 12.1 Å². The third kappa shape index (κ3) is 4.05. The molecule has 2 amide bonds. The van der Waals surface area contributed by atoms with E-state index in [0.29, 0.717) is 13.0 Å². The van der Waals surface area contributed by atoms with E-state index < -0.39 is 23.2 Å². The van der Waals surface area contributed by atoms with Crippen LogP contribution in [-0.2, 0) is 11.0 Å². The Morgan fingerprint density at radius 3 is 2.46 bits per heavy atom. The maximum atomic E-state index is 13.1. The van der Waals surface area contributed by atoms with Crippen LogP contribution in [0.15, 0.2) is 18.2 Å². The molecule has 1 aromatic carbocycles. The fraction of sp³-hybridized carbons (Fsp3) is 0.500. The lowest BCUT2D eigenvalue weighted by molar-refractivity contribution is -0.137. The lowest BCUT2D eigenvalue weighted by Gasteiger charge is -2.25. The number of nitrogens with two attached hydrogens (primary N) is 1. The van der Waals surface area contributed by atoms with Gasteiger partial charge in [-0.1, -0.05) is 0 Å². The molecule has 1 aliphatic rings. The quantitative estimate of drug-likeness (QED) is 0.881. The van der Waals surface area contributed by atoms with Gasteiger partial charge in [-0.3, -0.25) is 9.59 Å². The van der Waals surface area contributed by atoms with Gasteiger partial charge in [0.05, 0.1) is 5.56 Å². The fourth-order valence-electron chi connectivity index (χ4n) is 2.41. The summed E-state index contributed by atoms with van der Waals surface area (Å²) >= 11 is 0. The Bertz CT molecular complexity index is 656. The van der Waals surface area contributed by atoms with Gasteiger partial charge < -0.3 is 16.0 Å². The van der Waals surface area contributed by atoms with E-state index in [1.54, 1.807) is 13.8 Å². The molecule has 1 heterocycles. The van der Waals surface area contributed by atoms with Crippen molar-refractivity contribution in [3.8, 4) is 0 Å². The molecule has 0 spiro atoms. The normalized spacial score (nSPS) is 15.8. The summed E-state index contributed by atoms with van der Waals surface area (Å²) in [7, 11) is 0. The summed E-state index contributed by atoms with van der Waals surface area (Å²) in [6.45, 7) is 3.82. The number of benzene rings is 1. The maximum absolute atomic E-state index is 13.1. The molecule has 3 N–H and O–H groups in total. The van der Waals surface area contributed by atoms with Crippen LogP contribution in [0.2, 0.25) is 0 Å². The summed E-state index contributed by atoms with van der Waals surface area (Å²) in [5.74, 6) is -0.910. The molecule has 1 aromatic rings. The molecule has 0 atom stereocenters. The van der Waals surface area contributed by atoms with Crippen molar-refractivity contribution in [2.24, 2.45) is 5.73 Å². The first-order valence-corrected chi connectivity index (χ1v) is 7.59. The van der Waals surface area contributed by atoms with E-state index in [2.05, 4.69) is 5.32 Å². The molecule has 8 heteroatoms. The predicted octanol–water partition coefficient (Wildman–Crippen LogP) is 2.30. The van der Waals surface area contributed by atoms with E-state index in [-0.39, 0.29) is 30.1 Å². The highest BCUT2D eigenvalue weighted by Gasteiger charge is 2.34. The molecule has 0 saturated carbocycles. The van der Waals surface area contributed by atoms with Gasteiger partial charge >= 0.3 is 6.18 Å². The largest absolute Gasteiger partial charge is 0.416 e. The zero-order chi connectivity index (χ0) is 18.1. The molecule has 0 aromatic heterocycles. The Labute approximate surface area is 138 Å². The van der Waals surface area contributed by atoms with Crippen LogP contribution in [0.3, 0.4) is 0 Å². The number of nitrogens with one attached hydrogen (secondary N) is 1. The number of anilines is 1. The van der Waals surface area contributed by atoms with Gasteiger partial charge in [-0.2, -0.15) is 13.2 Å². The summed E-state index contributed by atoms with van der Waals surface area (Å²) in [5.41, 5.74) is 3.75. The molecule has 5 nitrogen and oxygen atoms in total. The van der Waals surface area contributed by atoms with Crippen molar-refractivity contribution < 1.29 is 22.8 Å². The Morgan fingerprint density at radius 2 is 1.96 bits per heavy atom. The average molecular weight is 343 g/mol. The topological polar surface area (TPSA) is 75.4 Å². The molecular formula is C16H20F3N3O2. The van der Waals surface area contributed by atoms with Crippen LogP contribution in [0, 0.1) is 0 Å². The zero-order valence-corrected chi connectivity index (χ0v) is 13.5. The second-order valence-corrected chi connectivity index (χ2v) is 6.46. The van der Waals surface area contributed by atoms with Crippen molar-refractivity contribution >= 4 is 17.5 Å². The standard InChI is InChI=1S/C16H20F3N3O2/c1-15(2,9-20)21-14(24)10-6-11(16(17,18)19)8-12(7-10)22-5-3-4-13(22)23/h6-8H,3-5,9,20H2,1-2H3,(H,21,24). The van der Waals surface area contributed by atoms with Gasteiger partial charge in [-0.25, -0.2) is 0 Å². The minimum Gasteiger partial charge on any atom is -0.346 e. The summed E-state index contributed by atoms with van der Waals surface area (Å²) in [5, 5.41) is 2.60. The Hall–Kier alpha value is -2.09. The average Bonchev–Trinajstić information content (AvgIpc) is 2.91. The second-order valence-electron chi connectivity index (χ2n) is 6.46. The van der Waals surface area contributed by atoms with Crippen LogP contribution in [-0.4, -0.2) is 30.4 Å². The number of nitrogens with zero attached hydrogens (tertiary/aromatic N) is 1. The highest BCUT2D eigenvalue weighted by atomic mass is 19.4. The Morgan fingerprint density at radius 1 is 1.29 bits per heavy atom. The first-order chi connectivity index (χ1) is 11.0. The van der Waals surface area contributed by atoms with E-state index in [4.69, 9.17) is 5.73 Å². The molecule has 0 unspecified atom stereocenters. The number of amides is 2.